The normalized spacial score (nSPS) is 12.0. The van der Waals surface area contributed by atoms with Gasteiger partial charge >= 0.3 is 0 Å². The number of thiophene rings is 1. The molecule has 0 aliphatic heterocycles. The minimum Gasteiger partial charge on any atom is -0.347 e. The van der Waals surface area contributed by atoms with Gasteiger partial charge in [-0.1, -0.05) is 50.2 Å². The van der Waals surface area contributed by atoms with E-state index in [0.717, 1.165) is 16.9 Å². The number of carbonyl (C=O) groups excluding carboxylic acids is 2. The fourth-order valence-corrected chi connectivity index (χ4v) is 3.27. The molecule has 2 N–H and O–H groups in total. The van der Waals surface area contributed by atoms with E-state index >= 15 is 0 Å². The molecule has 0 saturated carbocycles. The van der Waals surface area contributed by atoms with Gasteiger partial charge in [0.15, 0.2) is 0 Å². The van der Waals surface area contributed by atoms with Crippen LogP contribution in [0.3, 0.4) is 0 Å². The quantitative estimate of drug-likeness (QED) is 0.772. The second-order valence-corrected chi connectivity index (χ2v) is 7.18. The Labute approximate surface area is 147 Å². The molecule has 0 saturated heterocycles. The van der Waals surface area contributed by atoms with E-state index in [4.69, 9.17) is 0 Å². The van der Waals surface area contributed by atoms with Gasteiger partial charge in [-0.05, 0) is 29.3 Å². The summed E-state index contributed by atoms with van der Waals surface area (Å²) in [6.45, 7) is 4.27. The lowest BCUT2D eigenvalue weighted by atomic mass is 10.0. The summed E-state index contributed by atoms with van der Waals surface area (Å²) in [6, 6.07) is 13.5. The van der Waals surface area contributed by atoms with Gasteiger partial charge in [0, 0.05) is 4.88 Å². The highest BCUT2D eigenvalue weighted by atomic mass is 32.1. The molecule has 0 spiro atoms. The second-order valence-electron chi connectivity index (χ2n) is 6.20. The number of rotatable bonds is 8. The summed E-state index contributed by atoms with van der Waals surface area (Å²) in [7, 11) is 0. The monoisotopic (exact) mass is 344 g/mol. The van der Waals surface area contributed by atoms with Crippen LogP contribution in [0.2, 0.25) is 0 Å². The van der Waals surface area contributed by atoms with Crippen LogP contribution in [0.25, 0.3) is 0 Å². The molecule has 4 nitrogen and oxygen atoms in total. The topological polar surface area (TPSA) is 58.2 Å². The first-order valence-electron chi connectivity index (χ1n) is 8.18. The Hall–Kier alpha value is -2.14. The smallest absolute Gasteiger partial charge is 0.239 e. The van der Waals surface area contributed by atoms with Gasteiger partial charge in [-0.3, -0.25) is 9.59 Å². The summed E-state index contributed by atoms with van der Waals surface area (Å²) in [5.41, 5.74) is 0.937. The minimum absolute atomic E-state index is 0.00326. The van der Waals surface area contributed by atoms with Crippen LogP contribution in [0.4, 0.5) is 0 Å². The van der Waals surface area contributed by atoms with E-state index in [-0.39, 0.29) is 30.8 Å². The molecular weight excluding hydrogens is 320 g/mol. The molecule has 0 aliphatic carbocycles. The zero-order chi connectivity index (χ0) is 17.4. The molecule has 0 fully saturated rings. The molecule has 2 rings (SSSR count). The number of hydrogen-bond donors (Lipinski definition) is 2. The molecule has 0 aliphatic rings. The fraction of sp³-hybridized carbons (Fsp3) is 0.368. The van der Waals surface area contributed by atoms with Crippen molar-refractivity contribution in [3.8, 4) is 0 Å². The predicted octanol–water partition coefficient (Wildman–Crippen LogP) is 3.31. The molecule has 1 aromatic carbocycles. The fourth-order valence-electron chi connectivity index (χ4n) is 2.48. The molecule has 0 radical (unpaired) electrons. The van der Waals surface area contributed by atoms with Crippen molar-refractivity contribution in [1.29, 1.82) is 0 Å². The largest absolute Gasteiger partial charge is 0.347 e. The minimum atomic E-state index is -0.157. The Kier molecular flexibility index (Phi) is 7.00. The highest BCUT2D eigenvalue weighted by Crippen LogP contribution is 2.25. The zero-order valence-electron chi connectivity index (χ0n) is 14.1. The molecule has 2 amide bonds. The van der Waals surface area contributed by atoms with Gasteiger partial charge in [-0.15, -0.1) is 11.3 Å². The predicted molar refractivity (Wildman–Crippen MR) is 97.8 cm³/mol. The molecule has 24 heavy (non-hydrogen) atoms. The number of carbonyl (C=O) groups is 2. The van der Waals surface area contributed by atoms with Crippen molar-refractivity contribution in [3.63, 3.8) is 0 Å². The van der Waals surface area contributed by atoms with Gasteiger partial charge in [-0.25, -0.2) is 0 Å². The number of benzene rings is 1. The summed E-state index contributed by atoms with van der Waals surface area (Å²) in [4.78, 5) is 25.2. The van der Waals surface area contributed by atoms with Crippen molar-refractivity contribution in [2.45, 2.75) is 32.7 Å². The van der Waals surface area contributed by atoms with Crippen molar-refractivity contribution in [2.24, 2.45) is 5.92 Å². The van der Waals surface area contributed by atoms with E-state index in [1.807, 2.05) is 47.8 Å². The van der Waals surface area contributed by atoms with E-state index in [1.165, 1.54) is 0 Å². The van der Waals surface area contributed by atoms with Crippen molar-refractivity contribution >= 4 is 23.2 Å². The van der Waals surface area contributed by atoms with E-state index in [1.54, 1.807) is 11.3 Å². The summed E-state index contributed by atoms with van der Waals surface area (Å²) in [5, 5.41) is 7.72. The van der Waals surface area contributed by atoms with Crippen molar-refractivity contribution in [3.05, 3.63) is 58.3 Å². The summed E-state index contributed by atoms with van der Waals surface area (Å²) < 4.78 is 0. The molecular formula is C19H24N2O2S. The molecule has 0 bridgehead atoms. The van der Waals surface area contributed by atoms with Gasteiger partial charge in [0.1, 0.15) is 0 Å². The van der Waals surface area contributed by atoms with Gasteiger partial charge < -0.3 is 10.6 Å². The van der Waals surface area contributed by atoms with Crippen LogP contribution >= 0.6 is 11.3 Å². The maximum absolute atomic E-state index is 12.2. The standard InChI is InChI=1S/C19H24N2O2S/c1-14(2)11-16(17-9-6-10-24-17)21-19(23)13-20-18(22)12-15-7-4-3-5-8-15/h3-10,14,16H,11-13H2,1-2H3,(H,20,22)(H,21,23). The van der Waals surface area contributed by atoms with Crippen LogP contribution < -0.4 is 10.6 Å². The third kappa shape index (κ3) is 6.16. The lowest BCUT2D eigenvalue weighted by Crippen LogP contribution is -2.39. The van der Waals surface area contributed by atoms with E-state index in [9.17, 15) is 9.59 Å². The lowest BCUT2D eigenvalue weighted by molar-refractivity contribution is -0.126. The second kappa shape index (κ2) is 9.23. The van der Waals surface area contributed by atoms with E-state index in [2.05, 4.69) is 24.5 Å². The van der Waals surface area contributed by atoms with E-state index in [0.29, 0.717) is 5.92 Å². The average molecular weight is 344 g/mol. The molecule has 1 unspecified atom stereocenters. The maximum atomic E-state index is 12.2. The first kappa shape index (κ1) is 18.2. The van der Waals surface area contributed by atoms with Crippen molar-refractivity contribution < 1.29 is 9.59 Å². The zero-order valence-corrected chi connectivity index (χ0v) is 14.9. The number of hydrogen-bond acceptors (Lipinski definition) is 3. The average Bonchev–Trinajstić information content (AvgIpc) is 3.07. The Morgan fingerprint density at radius 1 is 1.04 bits per heavy atom. The van der Waals surface area contributed by atoms with Gasteiger partial charge in [0.05, 0.1) is 19.0 Å². The molecule has 1 aromatic heterocycles. The SMILES string of the molecule is CC(C)CC(NC(=O)CNC(=O)Cc1ccccc1)c1cccs1. The summed E-state index contributed by atoms with van der Waals surface area (Å²) >= 11 is 1.64. The van der Waals surface area contributed by atoms with Gasteiger partial charge in [-0.2, -0.15) is 0 Å². The van der Waals surface area contributed by atoms with Gasteiger partial charge in [0.25, 0.3) is 0 Å². The molecule has 1 heterocycles. The lowest BCUT2D eigenvalue weighted by Gasteiger charge is -2.19. The number of amides is 2. The van der Waals surface area contributed by atoms with Crippen LogP contribution in [0.15, 0.2) is 47.8 Å². The van der Waals surface area contributed by atoms with Crippen LogP contribution in [0.5, 0.6) is 0 Å². The highest BCUT2D eigenvalue weighted by Gasteiger charge is 2.17. The van der Waals surface area contributed by atoms with Crippen LogP contribution in [0.1, 0.15) is 36.8 Å². The number of nitrogens with one attached hydrogen (secondary N) is 2. The summed E-state index contributed by atoms with van der Waals surface area (Å²) in [6.07, 6.45) is 1.17. The molecule has 1 atom stereocenters. The summed E-state index contributed by atoms with van der Waals surface area (Å²) in [5.74, 6) is 0.174. The van der Waals surface area contributed by atoms with E-state index < -0.39 is 0 Å². The maximum Gasteiger partial charge on any atom is 0.239 e. The highest BCUT2D eigenvalue weighted by molar-refractivity contribution is 7.10. The Balaban J connectivity index is 1.81. The molecule has 2 aromatic rings. The van der Waals surface area contributed by atoms with Gasteiger partial charge in [0.2, 0.25) is 11.8 Å². The third-order valence-corrected chi connectivity index (χ3v) is 4.57. The molecule has 5 heteroatoms. The Morgan fingerprint density at radius 3 is 2.42 bits per heavy atom. The van der Waals surface area contributed by atoms with Crippen molar-refractivity contribution in [2.75, 3.05) is 6.54 Å². The Bertz CT molecular complexity index is 639. The first-order chi connectivity index (χ1) is 11.5. The third-order valence-electron chi connectivity index (χ3n) is 3.58. The van der Waals surface area contributed by atoms with Crippen molar-refractivity contribution in [1.82, 2.24) is 10.6 Å². The van der Waals surface area contributed by atoms with Crippen LogP contribution in [-0.4, -0.2) is 18.4 Å². The van der Waals surface area contributed by atoms with Crippen LogP contribution in [0, 0.1) is 5.92 Å². The first-order valence-corrected chi connectivity index (χ1v) is 9.06. The molecule has 128 valence electrons. The van der Waals surface area contributed by atoms with Crippen LogP contribution in [-0.2, 0) is 16.0 Å². The Morgan fingerprint density at radius 2 is 1.79 bits per heavy atom.